The van der Waals surface area contributed by atoms with E-state index in [4.69, 9.17) is 16.7 Å². The second-order valence-corrected chi connectivity index (χ2v) is 2.83. The van der Waals surface area contributed by atoms with Gasteiger partial charge in [-0.05, 0) is 11.6 Å². The molecule has 0 atom stereocenters. The number of hydrogen-bond acceptors (Lipinski definition) is 3. The normalized spacial score (nSPS) is 11.3. The van der Waals surface area contributed by atoms with Gasteiger partial charge in [0.2, 0.25) is 5.91 Å². The Labute approximate surface area is 81.0 Å². The summed E-state index contributed by atoms with van der Waals surface area (Å²) in [5, 5.41) is 11.3. The third-order valence-corrected chi connectivity index (χ3v) is 1.71. The second-order valence-electron chi connectivity index (χ2n) is 2.83. The molecule has 0 saturated heterocycles. The molecule has 0 saturated carbocycles. The molecule has 0 aliphatic carbocycles. The van der Waals surface area contributed by atoms with Crippen LogP contribution in [-0.2, 0) is 11.2 Å². The fraction of sp³-hybridized carbons (Fsp3) is 0.111. The van der Waals surface area contributed by atoms with Gasteiger partial charge in [-0.25, -0.2) is 0 Å². The summed E-state index contributed by atoms with van der Waals surface area (Å²) < 4.78 is 0. The molecule has 14 heavy (non-hydrogen) atoms. The van der Waals surface area contributed by atoms with E-state index in [1.54, 1.807) is 24.3 Å². The van der Waals surface area contributed by atoms with E-state index >= 15 is 0 Å². The van der Waals surface area contributed by atoms with E-state index in [0.29, 0.717) is 5.56 Å². The monoisotopic (exact) mass is 193 g/mol. The molecule has 0 spiro atoms. The molecular weight excluding hydrogens is 182 g/mol. The van der Waals surface area contributed by atoms with Crippen LogP contribution in [-0.4, -0.2) is 17.0 Å². The van der Waals surface area contributed by atoms with Crippen LogP contribution in [0.1, 0.15) is 11.1 Å². The van der Waals surface area contributed by atoms with Crippen molar-refractivity contribution in [3.05, 3.63) is 35.4 Å². The molecule has 0 radical (unpaired) electrons. The van der Waals surface area contributed by atoms with Crippen LogP contribution in [0.5, 0.6) is 0 Å². The molecule has 1 aromatic rings. The van der Waals surface area contributed by atoms with E-state index in [0.717, 1.165) is 5.56 Å². The number of amides is 1. The van der Waals surface area contributed by atoms with Crippen LogP contribution in [0.4, 0.5) is 0 Å². The van der Waals surface area contributed by atoms with E-state index in [1.807, 2.05) is 0 Å². The molecule has 1 rings (SSSR count). The fourth-order valence-corrected chi connectivity index (χ4v) is 1.10. The molecule has 5 heteroatoms. The van der Waals surface area contributed by atoms with Gasteiger partial charge in [0.25, 0.3) is 0 Å². The summed E-state index contributed by atoms with van der Waals surface area (Å²) in [4.78, 5) is 10.6. The summed E-state index contributed by atoms with van der Waals surface area (Å²) in [7, 11) is 0. The summed E-state index contributed by atoms with van der Waals surface area (Å²) in [6.45, 7) is 0. The Morgan fingerprint density at radius 3 is 2.71 bits per heavy atom. The Hall–Kier alpha value is -2.04. The number of benzene rings is 1. The summed E-state index contributed by atoms with van der Waals surface area (Å²) in [5.74, 6) is -0.405. The van der Waals surface area contributed by atoms with Gasteiger partial charge in [0.15, 0.2) is 5.84 Å². The number of oxime groups is 1. The maximum absolute atomic E-state index is 10.6. The first-order valence-corrected chi connectivity index (χ1v) is 3.98. The molecule has 1 aromatic carbocycles. The van der Waals surface area contributed by atoms with Crippen LogP contribution in [0, 0.1) is 0 Å². The molecule has 74 valence electrons. The van der Waals surface area contributed by atoms with Crippen LogP contribution in [0.15, 0.2) is 29.4 Å². The quantitative estimate of drug-likeness (QED) is 0.268. The number of nitrogens with zero attached hydrogens (tertiary/aromatic N) is 1. The number of nitrogens with two attached hydrogens (primary N) is 2. The number of amidine groups is 1. The van der Waals surface area contributed by atoms with Crippen LogP contribution >= 0.6 is 0 Å². The van der Waals surface area contributed by atoms with E-state index in [-0.39, 0.29) is 12.3 Å². The smallest absolute Gasteiger partial charge is 0.221 e. The van der Waals surface area contributed by atoms with Gasteiger partial charge in [0.05, 0.1) is 6.42 Å². The molecule has 0 aliphatic heterocycles. The number of carbonyl (C=O) groups is 1. The Balaban J connectivity index is 2.95. The van der Waals surface area contributed by atoms with E-state index in [9.17, 15) is 4.79 Å². The van der Waals surface area contributed by atoms with E-state index in [2.05, 4.69) is 5.16 Å². The number of primary amides is 1. The van der Waals surface area contributed by atoms with Gasteiger partial charge in [-0.3, -0.25) is 4.79 Å². The van der Waals surface area contributed by atoms with Crippen molar-refractivity contribution in [2.24, 2.45) is 16.6 Å². The van der Waals surface area contributed by atoms with Gasteiger partial charge in [-0.15, -0.1) is 0 Å². The molecule has 1 amide bonds. The average Bonchev–Trinajstić information content (AvgIpc) is 2.16. The lowest BCUT2D eigenvalue weighted by molar-refractivity contribution is -0.117. The maximum Gasteiger partial charge on any atom is 0.221 e. The highest BCUT2D eigenvalue weighted by atomic mass is 16.4. The Kier molecular flexibility index (Phi) is 3.06. The minimum Gasteiger partial charge on any atom is -0.409 e. The molecule has 0 bridgehead atoms. The molecule has 5 nitrogen and oxygen atoms in total. The highest BCUT2D eigenvalue weighted by Crippen LogP contribution is 2.05. The Morgan fingerprint density at radius 2 is 2.14 bits per heavy atom. The SMILES string of the molecule is NC(=O)Cc1cccc(C(N)=NO)c1. The fourth-order valence-electron chi connectivity index (χ4n) is 1.10. The molecule has 0 aliphatic rings. The largest absolute Gasteiger partial charge is 0.409 e. The van der Waals surface area contributed by atoms with Crippen molar-refractivity contribution in [1.82, 2.24) is 0 Å². The maximum atomic E-state index is 10.6. The zero-order valence-electron chi connectivity index (χ0n) is 7.47. The number of rotatable bonds is 3. The molecule has 0 aromatic heterocycles. The van der Waals surface area contributed by atoms with Crippen molar-refractivity contribution in [3.8, 4) is 0 Å². The summed E-state index contributed by atoms with van der Waals surface area (Å²) in [6.07, 6.45) is 0.145. The first kappa shape index (κ1) is 10.0. The molecule has 0 fully saturated rings. The third kappa shape index (κ3) is 2.48. The molecule has 0 heterocycles. The zero-order chi connectivity index (χ0) is 10.6. The minimum absolute atomic E-state index is 0.0105. The molecule has 5 N–H and O–H groups in total. The highest BCUT2D eigenvalue weighted by molar-refractivity contribution is 5.97. The summed E-state index contributed by atoms with van der Waals surface area (Å²) in [5.41, 5.74) is 11.7. The van der Waals surface area contributed by atoms with Crippen molar-refractivity contribution in [2.45, 2.75) is 6.42 Å². The van der Waals surface area contributed by atoms with Gasteiger partial charge >= 0.3 is 0 Å². The van der Waals surface area contributed by atoms with Gasteiger partial charge < -0.3 is 16.7 Å². The topological polar surface area (TPSA) is 102 Å². The van der Waals surface area contributed by atoms with E-state index in [1.165, 1.54) is 0 Å². The first-order chi connectivity index (χ1) is 6.63. The lowest BCUT2D eigenvalue weighted by Gasteiger charge is -2.01. The highest BCUT2D eigenvalue weighted by Gasteiger charge is 2.02. The lowest BCUT2D eigenvalue weighted by Crippen LogP contribution is -2.16. The van der Waals surface area contributed by atoms with Crippen molar-refractivity contribution in [1.29, 1.82) is 0 Å². The van der Waals surface area contributed by atoms with Gasteiger partial charge in [-0.1, -0.05) is 23.4 Å². The summed E-state index contributed by atoms with van der Waals surface area (Å²) in [6, 6.07) is 6.80. The molecule has 0 unspecified atom stereocenters. The average molecular weight is 193 g/mol. The third-order valence-electron chi connectivity index (χ3n) is 1.71. The lowest BCUT2D eigenvalue weighted by atomic mass is 10.1. The summed E-state index contributed by atoms with van der Waals surface area (Å²) >= 11 is 0. The van der Waals surface area contributed by atoms with Crippen LogP contribution in [0.2, 0.25) is 0 Å². The second kappa shape index (κ2) is 4.27. The van der Waals surface area contributed by atoms with Crippen LogP contribution in [0.25, 0.3) is 0 Å². The predicted molar refractivity (Wildman–Crippen MR) is 51.9 cm³/mol. The van der Waals surface area contributed by atoms with Crippen LogP contribution in [0.3, 0.4) is 0 Å². The van der Waals surface area contributed by atoms with Gasteiger partial charge in [0.1, 0.15) is 0 Å². The van der Waals surface area contributed by atoms with Crippen molar-refractivity contribution in [2.75, 3.05) is 0 Å². The Bertz CT molecular complexity index is 374. The Morgan fingerprint density at radius 1 is 1.43 bits per heavy atom. The van der Waals surface area contributed by atoms with Gasteiger partial charge in [0, 0.05) is 5.56 Å². The first-order valence-electron chi connectivity index (χ1n) is 3.98. The van der Waals surface area contributed by atoms with E-state index < -0.39 is 5.91 Å². The minimum atomic E-state index is -0.415. The number of hydrogen-bond donors (Lipinski definition) is 3. The number of carbonyl (C=O) groups excluding carboxylic acids is 1. The van der Waals surface area contributed by atoms with Gasteiger partial charge in [-0.2, -0.15) is 0 Å². The zero-order valence-corrected chi connectivity index (χ0v) is 7.47. The van der Waals surface area contributed by atoms with Crippen LogP contribution < -0.4 is 11.5 Å². The van der Waals surface area contributed by atoms with Crippen molar-refractivity contribution < 1.29 is 10.0 Å². The van der Waals surface area contributed by atoms with Crippen molar-refractivity contribution >= 4 is 11.7 Å². The predicted octanol–water partition coefficient (Wildman–Crippen LogP) is -0.191. The standard InChI is InChI=1S/C9H11N3O2/c10-8(13)5-6-2-1-3-7(4-6)9(11)12-14/h1-4,14H,5H2,(H2,10,13)(H2,11,12). The molecular formula is C9H11N3O2. The van der Waals surface area contributed by atoms with Crippen molar-refractivity contribution in [3.63, 3.8) is 0 Å².